The van der Waals surface area contributed by atoms with Crippen LogP contribution in [0.4, 0.5) is 0 Å². The van der Waals surface area contributed by atoms with Gasteiger partial charge in [-0.3, -0.25) is 4.79 Å². The highest BCUT2D eigenvalue weighted by Gasteiger charge is 2.07. The predicted molar refractivity (Wildman–Crippen MR) is 49.6 cm³/mol. The number of nitrogens with two attached hydrogens (primary N) is 1. The van der Waals surface area contributed by atoms with E-state index in [1.165, 1.54) is 0 Å². The summed E-state index contributed by atoms with van der Waals surface area (Å²) in [5.74, 6) is -0.483. The Labute approximate surface area is 77.5 Å². The Hall–Kier alpha value is -1.35. The molecule has 0 aliphatic rings. The summed E-state index contributed by atoms with van der Waals surface area (Å²) in [6.07, 6.45) is 0. The lowest BCUT2D eigenvalue weighted by molar-refractivity contribution is -0.145. The van der Waals surface area contributed by atoms with Gasteiger partial charge in [0.15, 0.2) is 0 Å². The van der Waals surface area contributed by atoms with Crippen LogP contribution in [0.1, 0.15) is 5.56 Å². The first-order valence-corrected chi connectivity index (χ1v) is 3.99. The lowest BCUT2D eigenvalue weighted by Crippen LogP contribution is -2.28. The van der Waals surface area contributed by atoms with E-state index < -0.39 is 12.0 Å². The molecule has 69 valence electrons. The fourth-order valence-electron chi connectivity index (χ4n) is 0.836. The highest BCUT2D eigenvalue weighted by Crippen LogP contribution is 2.00. The third-order valence-electron chi connectivity index (χ3n) is 1.53. The van der Waals surface area contributed by atoms with Gasteiger partial charge in [-0.05, 0) is 12.5 Å². The average Bonchev–Trinajstić information content (AvgIpc) is 2.15. The molecule has 3 nitrogen and oxygen atoms in total. The van der Waals surface area contributed by atoms with Crippen molar-refractivity contribution < 1.29 is 9.53 Å². The summed E-state index contributed by atoms with van der Waals surface area (Å²) in [6.45, 7) is 3.61. The van der Waals surface area contributed by atoms with Gasteiger partial charge in [-0.15, -0.1) is 0 Å². The molecule has 1 atom stereocenters. The summed E-state index contributed by atoms with van der Waals surface area (Å²) < 4.78 is 4.86. The summed E-state index contributed by atoms with van der Waals surface area (Å²) in [5.41, 5.74) is 6.16. The number of hydrogen-bond donors (Lipinski definition) is 1. The van der Waals surface area contributed by atoms with E-state index in [1.807, 2.05) is 30.3 Å². The second-order valence-electron chi connectivity index (χ2n) is 2.70. The maximum absolute atomic E-state index is 10.9. The number of rotatable bonds is 3. The first-order chi connectivity index (χ1) is 6.20. The van der Waals surface area contributed by atoms with E-state index in [1.54, 1.807) is 0 Å². The molecule has 0 saturated carbocycles. The summed E-state index contributed by atoms with van der Waals surface area (Å²) in [5, 5.41) is 0. The number of hydrogen-bond acceptors (Lipinski definition) is 3. The smallest absolute Gasteiger partial charge is 0.323 e. The third-order valence-corrected chi connectivity index (χ3v) is 1.53. The molecule has 1 radical (unpaired) electrons. The van der Waals surface area contributed by atoms with Crippen molar-refractivity contribution >= 4 is 5.97 Å². The summed E-state index contributed by atoms with van der Waals surface area (Å²) in [7, 11) is 0. The van der Waals surface area contributed by atoms with Gasteiger partial charge in [0.2, 0.25) is 0 Å². The molecule has 0 heterocycles. The van der Waals surface area contributed by atoms with Gasteiger partial charge < -0.3 is 10.5 Å². The van der Waals surface area contributed by atoms with Crippen molar-refractivity contribution in [2.24, 2.45) is 5.73 Å². The molecule has 0 bridgehead atoms. The largest absolute Gasteiger partial charge is 0.460 e. The molecule has 1 aromatic rings. The van der Waals surface area contributed by atoms with Crippen LogP contribution in [-0.2, 0) is 16.1 Å². The van der Waals surface area contributed by atoms with Crippen LogP contribution in [-0.4, -0.2) is 12.0 Å². The Morgan fingerprint density at radius 2 is 2.08 bits per heavy atom. The van der Waals surface area contributed by atoms with Crippen LogP contribution in [0, 0.1) is 6.92 Å². The maximum atomic E-state index is 10.9. The zero-order valence-electron chi connectivity index (χ0n) is 7.27. The van der Waals surface area contributed by atoms with Gasteiger partial charge in [0.05, 0.1) is 0 Å². The fourth-order valence-corrected chi connectivity index (χ4v) is 0.836. The minimum Gasteiger partial charge on any atom is -0.460 e. The molecule has 0 aromatic heterocycles. The highest BCUT2D eigenvalue weighted by atomic mass is 16.5. The Morgan fingerprint density at radius 1 is 1.46 bits per heavy atom. The predicted octanol–water partition coefficient (Wildman–Crippen LogP) is 0.891. The second-order valence-corrected chi connectivity index (χ2v) is 2.70. The molecule has 13 heavy (non-hydrogen) atoms. The average molecular weight is 178 g/mol. The molecule has 0 amide bonds. The quantitative estimate of drug-likeness (QED) is 0.699. The molecule has 0 saturated heterocycles. The van der Waals surface area contributed by atoms with Gasteiger partial charge in [-0.1, -0.05) is 30.3 Å². The SMILES string of the molecule is [CH2]C(N)C(=O)OCc1ccccc1. The third kappa shape index (κ3) is 3.25. The Balaban J connectivity index is 2.40. The van der Waals surface area contributed by atoms with Crippen molar-refractivity contribution in [3.8, 4) is 0 Å². The second kappa shape index (κ2) is 4.62. The number of carbonyl (C=O) groups is 1. The Kier molecular flexibility index (Phi) is 3.46. The minimum atomic E-state index is -0.802. The fraction of sp³-hybridized carbons (Fsp3) is 0.200. The standard InChI is InChI=1S/C10H12NO2/c1-8(11)10(12)13-7-9-5-3-2-4-6-9/h2-6,8H,1,7,11H2. The van der Waals surface area contributed by atoms with Crippen LogP contribution in [0.3, 0.4) is 0 Å². The molecular weight excluding hydrogens is 166 g/mol. The van der Waals surface area contributed by atoms with Crippen molar-refractivity contribution in [1.82, 2.24) is 0 Å². The number of carbonyl (C=O) groups excluding carboxylic acids is 1. The molecule has 1 aromatic carbocycles. The van der Waals surface area contributed by atoms with E-state index in [0.29, 0.717) is 0 Å². The normalized spacial score (nSPS) is 12.2. The molecule has 0 fully saturated rings. The van der Waals surface area contributed by atoms with Gasteiger partial charge in [-0.25, -0.2) is 0 Å². The molecular formula is C10H12NO2. The van der Waals surface area contributed by atoms with Crippen molar-refractivity contribution in [2.45, 2.75) is 12.6 Å². The van der Waals surface area contributed by atoms with Crippen molar-refractivity contribution in [3.05, 3.63) is 42.8 Å². The van der Waals surface area contributed by atoms with E-state index in [0.717, 1.165) is 5.56 Å². The van der Waals surface area contributed by atoms with Crippen LogP contribution in [0.5, 0.6) is 0 Å². The molecule has 0 spiro atoms. The van der Waals surface area contributed by atoms with Crippen LogP contribution in [0.25, 0.3) is 0 Å². The summed E-state index contributed by atoms with van der Waals surface area (Å²) in [6, 6.07) is 8.62. The van der Waals surface area contributed by atoms with E-state index in [-0.39, 0.29) is 6.61 Å². The van der Waals surface area contributed by atoms with E-state index in [4.69, 9.17) is 10.5 Å². The van der Waals surface area contributed by atoms with Crippen molar-refractivity contribution in [2.75, 3.05) is 0 Å². The van der Waals surface area contributed by atoms with Gasteiger partial charge in [-0.2, -0.15) is 0 Å². The van der Waals surface area contributed by atoms with E-state index in [9.17, 15) is 4.79 Å². The van der Waals surface area contributed by atoms with Gasteiger partial charge in [0.1, 0.15) is 12.6 Å². The number of benzene rings is 1. The number of ether oxygens (including phenoxy) is 1. The molecule has 1 unspecified atom stereocenters. The highest BCUT2D eigenvalue weighted by molar-refractivity contribution is 5.76. The number of esters is 1. The van der Waals surface area contributed by atoms with Crippen molar-refractivity contribution in [1.29, 1.82) is 0 Å². The Bertz CT molecular complexity index is 270. The molecule has 0 aliphatic heterocycles. The Morgan fingerprint density at radius 3 is 2.62 bits per heavy atom. The van der Waals surface area contributed by atoms with Crippen LogP contribution in [0.15, 0.2) is 30.3 Å². The summed E-state index contributed by atoms with van der Waals surface area (Å²) >= 11 is 0. The lowest BCUT2D eigenvalue weighted by Gasteiger charge is -2.06. The topological polar surface area (TPSA) is 52.3 Å². The summed E-state index contributed by atoms with van der Waals surface area (Å²) in [4.78, 5) is 10.9. The first-order valence-electron chi connectivity index (χ1n) is 3.99. The van der Waals surface area contributed by atoms with Crippen LogP contribution in [0.2, 0.25) is 0 Å². The molecule has 2 N–H and O–H groups in total. The van der Waals surface area contributed by atoms with Gasteiger partial charge in [0.25, 0.3) is 0 Å². The molecule has 1 rings (SSSR count). The van der Waals surface area contributed by atoms with Crippen molar-refractivity contribution in [3.63, 3.8) is 0 Å². The maximum Gasteiger partial charge on any atom is 0.323 e. The minimum absolute atomic E-state index is 0.253. The van der Waals surface area contributed by atoms with E-state index >= 15 is 0 Å². The van der Waals surface area contributed by atoms with Gasteiger partial charge in [0, 0.05) is 0 Å². The zero-order chi connectivity index (χ0) is 9.68. The molecule has 0 aliphatic carbocycles. The van der Waals surface area contributed by atoms with Crippen LogP contribution >= 0.6 is 0 Å². The first kappa shape index (κ1) is 9.74. The van der Waals surface area contributed by atoms with E-state index in [2.05, 4.69) is 6.92 Å². The van der Waals surface area contributed by atoms with Gasteiger partial charge >= 0.3 is 5.97 Å². The lowest BCUT2D eigenvalue weighted by atomic mass is 10.2. The molecule has 3 heteroatoms. The van der Waals surface area contributed by atoms with Crippen LogP contribution < -0.4 is 5.73 Å². The zero-order valence-corrected chi connectivity index (χ0v) is 7.27. The monoisotopic (exact) mass is 178 g/mol.